The maximum absolute atomic E-state index is 12.0. The van der Waals surface area contributed by atoms with Gasteiger partial charge >= 0.3 is 0 Å². The van der Waals surface area contributed by atoms with Crippen molar-refractivity contribution >= 4 is 27.2 Å². The number of aromatic amines is 1. The van der Waals surface area contributed by atoms with E-state index in [1.54, 1.807) is 13.8 Å². The van der Waals surface area contributed by atoms with Crippen LogP contribution in [0.3, 0.4) is 0 Å². The highest BCUT2D eigenvalue weighted by molar-refractivity contribution is 7.89. The lowest BCUT2D eigenvalue weighted by Crippen LogP contribution is -2.26. The fourth-order valence-electron chi connectivity index (χ4n) is 1.64. The molecule has 0 spiro atoms. The summed E-state index contributed by atoms with van der Waals surface area (Å²) in [4.78, 5) is 0.691. The number of H-pyrrole nitrogens is 1. The van der Waals surface area contributed by atoms with Gasteiger partial charge in [0.1, 0.15) is 4.90 Å². The first-order valence-electron chi connectivity index (χ1n) is 5.64. The third-order valence-electron chi connectivity index (χ3n) is 2.47. The molecule has 8 heteroatoms. The minimum Gasteiger partial charge on any atom is -0.393 e. The molecule has 0 bridgehead atoms. The Balaban J connectivity index is 2.54. The molecule has 0 unspecified atom stereocenters. The van der Waals surface area contributed by atoms with E-state index in [-0.39, 0.29) is 4.90 Å². The molecular formula is C10H18N4O2S2. The van der Waals surface area contributed by atoms with Gasteiger partial charge in [-0.3, -0.25) is 5.10 Å². The Kier molecular flexibility index (Phi) is 5.24. The Bertz CT molecular complexity index is 502. The zero-order valence-corrected chi connectivity index (χ0v) is 12.1. The molecule has 0 atom stereocenters. The Hall–Kier alpha value is -0.990. The van der Waals surface area contributed by atoms with E-state index in [0.29, 0.717) is 35.8 Å². The average molecular weight is 290 g/mol. The van der Waals surface area contributed by atoms with Crippen molar-refractivity contribution in [3.63, 3.8) is 0 Å². The molecule has 0 amide bonds. The van der Waals surface area contributed by atoms with Crippen molar-refractivity contribution in [3.8, 4) is 0 Å². The molecule has 18 heavy (non-hydrogen) atoms. The van der Waals surface area contributed by atoms with Gasteiger partial charge in [-0.05, 0) is 33.1 Å². The Morgan fingerprint density at radius 2 is 2.11 bits per heavy atom. The predicted octanol–water partition coefficient (Wildman–Crippen LogP) is 0.761. The van der Waals surface area contributed by atoms with Crippen molar-refractivity contribution in [3.05, 3.63) is 11.4 Å². The van der Waals surface area contributed by atoms with Crippen LogP contribution in [0.15, 0.2) is 4.90 Å². The third-order valence-corrected chi connectivity index (χ3v) is 4.40. The summed E-state index contributed by atoms with van der Waals surface area (Å²) in [6.07, 6.45) is 2.12. The molecule has 0 aromatic carbocycles. The van der Waals surface area contributed by atoms with Crippen LogP contribution in [0.25, 0.3) is 0 Å². The van der Waals surface area contributed by atoms with Crippen molar-refractivity contribution in [1.29, 1.82) is 0 Å². The van der Waals surface area contributed by atoms with Crippen molar-refractivity contribution in [2.75, 3.05) is 6.54 Å². The van der Waals surface area contributed by atoms with Crippen LogP contribution in [0.1, 0.15) is 30.7 Å². The van der Waals surface area contributed by atoms with E-state index >= 15 is 0 Å². The summed E-state index contributed by atoms with van der Waals surface area (Å²) in [7, 11) is -3.49. The van der Waals surface area contributed by atoms with Gasteiger partial charge in [0.15, 0.2) is 0 Å². The van der Waals surface area contributed by atoms with Crippen LogP contribution in [-0.4, -0.2) is 30.1 Å². The number of sulfonamides is 1. The molecule has 6 nitrogen and oxygen atoms in total. The predicted molar refractivity (Wildman–Crippen MR) is 73.9 cm³/mol. The summed E-state index contributed by atoms with van der Waals surface area (Å²) < 4.78 is 26.6. The molecular weight excluding hydrogens is 272 g/mol. The topological polar surface area (TPSA) is 101 Å². The van der Waals surface area contributed by atoms with Gasteiger partial charge in [0.25, 0.3) is 0 Å². The van der Waals surface area contributed by atoms with Crippen LogP contribution in [0.4, 0.5) is 0 Å². The lowest BCUT2D eigenvalue weighted by Gasteiger charge is -2.06. The quantitative estimate of drug-likeness (QED) is 0.508. The molecule has 0 aliphatic carbocycles. The van der Waals surface area contributed by atoms with Gasteiger partial charge < -0.3 is 5.73 Å². The van der Waals surface area contributed by atoms with Crippen molar-refractivity contribution in [2.24, 2.45) is 5.73 Å². The lowest BCUT2D eigenvalue weighted by molar-refractivity contribution is 0.576. The minimum absolute atomic E-state index is 0.233. The van der Waals surface area contributed by atoms with Crippen LogP contribution in [-0.2, 0) is 10.0 Å². The van der Waals surface area contributed by atoms with Gasteiger partial charge in [-0.15, -0.1) is 0 Å². The zero-order chi connectivity index (χ0) is 13.8. The summed E-state index contributed by atoms with van der Waals surface area (Å²) in [5.41, 5.74) is 6.38. The summed E-state index contributed by atoms with van der Waals surface area (Å²) in [5.74, 6) is 0. The standard InChI is InChI=1S/C10H18N4O2S2/c1-7-10(8(2)14-13-7)18(15,16)12-6-4-3-5-9(11)17/h12H,3-6H2,1-2H3,(H2,11,17)(H,13,14). The third kappa shape index (κ3) is 4.04. The molecule has 0 fully saturated rings. The highest BCUT2D eigenvalue weighted by Crippen LogP contribution is 2.16. The maximum Gasteiger partial charge on any atom is 0.244 e. The van der Waals surface area contributed by atoms with E-state index in [2.05, 4.69) is 14.9 Å². The van der Waals surface area contributed by atoms with Gasteiger partial charge in [-0.1, -0.05) is 12.2 Å². The number of unbranched alkanes of at least 4 members (excludes halogenated alkanes) is 1. The molecule has 0 aliphatic heterocycles. The van der Waals surface area contributed by atoms with Gasteiger partial charge in [0, 0.05) is 6.54 Å². The van der Waals surface area contributed by atoms with Crippen molar-refractivity contribution in [2.45, 2.75) is 38.0 Å². The van der Waals surface area contributed by atoms with Gasteiger partial charge in [0.05, 0.1) is 16.4 Å². The van der Waals surface area contributed by atoms with Crippen LogP contribution in [0, 0.1) is 13.8 Å². The van der Waals surface area contributed by atoms with E-state index in [4.69, 9.17) is 18.0 Å². The van der Waals surface area contributed by atoms with Gasteiger partial charge in [0.2, 0.25) is 10.0 Å². The van der Waals surface area contributed by atoms with E-state index in [9.17, 15) is 8.42 Å². The molecule has 1 rings (SSSR count). The second kappa shape index (κ2) is 6.26. The molecule has 1 aromatic rings. The molecule has 0 aliphatic rings. The number of thiocarbonyl (C=S) groups is 1. The number of aryl methyl sites for hydroxylation is 2. The molecule has 0 radical (unpaired) electrons. The number of nitrogens with zero attached hydrogens (tertiary/aromatic N) is 1. The van der Waals surface area contributed by atoms with E-state index < -0.39 is 10.0 Å². The molecule has 0 saturated carbocycles. The number of hydrogen-bond acceptors (Lipinski definition) is 4. The van der Waals surface area contributed by atoms with E-state index in [1.807, 2.05) is 0 Å². The summed E-state index contributed by atoms with van der Waals surface area (Å²) >= 11 is 4.74. The fraction of sp³-hybridized carbons (Fsp3) is 0.600. The fourth-order valence-corrected chi connectivity index (χ4v) is 3.22. The van der Waals surface area contributed by atoms with Crippen molar-refractivity contribution < 1.29 is 8.42 Å². The summed E-state index contributed by atoms with van der Waals surface area (Å²) in [6, 6.07) is 0. The SMILES string of the molecule is Cc1n[nH]c(C)c1S(=O)(=O)NCCCCC(N)=S. The maximum atomic E-state index is 12.0. The Morgan fingerprint density at radius 1 is 1.44 bits per heavy atom. The van der Waals surface area contributed by atoms with Crippen molar-refractivity contribution in [1.82, 2.24) is 14.9 Å². The zero-order valence-electron chi connectivity index (χ0n) is 10.5. The number of rotatable bonds is 7. The first-order valence-corrected chi connectivity index (χ1v) is 7.53. The normalized spacial score (nSPS) is 11.7. The number of nitrogens with one attached hydrogen (secondary N) is 2. The summed E-state index contributed by atoms with van der Waals surface area (Å²) in [5, 5.41) is 6.53. The summed E-state index contributed by atoms with van der Waals surface area (Å²) in [6.45, 7) is 3.71. The second-order valence-electron chi connectivity index (χ2n) is 4.08. The molecule has 0 saturated heterocycles. The van der Waals surface area contributed by atoms with E-state index in [0.717, 1.165) is 6.42 Å². The second-order valence-corrected chi connectivity index (χ2v) is 6.31. The van der Waals surface area contributed by atoms with Crippen LogP contribution >= 0.6 is 12.2 Å². The molecule has 4 N–H and O–H groups in total. The Labute approximate surface area is 112 Å². The monoisotopic (exact) mass is 290 g/mol. The largest absolute Gasteiger partial charge is 0.393 e. The first-order chi connectivity index (χ1) is 8.34. The highest BCUT2D eigenvalue weighted by Gasteiger charge is 2.21. The van der Waals surface area contributed by atoms with Crippen LogP contribution in [0.2, 0.25) is 0 Å². The molecule has 1 aromatic heterocycles. The van der Waals surface area contributed by atoms with Gasteiger partial charge in [-0.2, -0.15) is 5.10 Å². The van der Waals surface area contributed by atoms with Crippen LogP contribution in [0.5, 0.6) is 0 Å². The van der Waals surface area contributed by atoms with E-state index in [1.165, 1.54) is 0 Å². The number of aromatic nitrogens is 2. The van der Waals surface area contributed by atoms with Crippen LogP contribution < -0.4 is 10.5 Å². The Morgan fingerprint density at radius 3 is 2.61 bits per heavy atom. The number of nitrogens with two attached hydrogens (primary N) is 1. The lowest BCUT2D eigenvalue weighted by atomic mass is 10.2. The smallest absolute Gasteiger partial charge is 0.244 e. The highest BCUT2D eigenvalue weighted by atomic mass is 32.2. The average Bonchev–Trinajstić information content (AvgIpc) is 2.57. The number of hydrogen-bond donors (Lipinski definition) is 3. The minimum atomic E-state index is -3.49. The molecule has 102 valence electrons. The first kappa shape index (κ1) is 15.1. The van der Waals surface area contributed by atoms with Gasteiger partial charge in [-0.25, -0.2) is 13.1 Å². The molecule has 1 heterocycles.